The molecule has 1 atom stereocenters. The molecule has 33 heavy (non-hydrogen) atoms. The smallest absolute Gasteiger partial charge is 0.166 e. The first-order valence-corrected chi connectivity index (χ1v) is 13.9. The Bertz CT molecular complexity index is 820. The van der Waals surface area contributed by atoms with Crippen LogP contribution in [-0.4, -0.2) is 0 Å². The maximum Gasteiger partial charge on any atom is 0.166 e. The first-order valence-electron chi connectivity index (χ1n) is 13.9. The van der Waals surface area contributed by atoms with Gasteiger partial charge in [0.05, 0.1) is 0 Å². The highest BCUT2D eigenvalue weighted by atomic mass is 19.2. The van der Waals surface area contributed by atoms with Crippen LogP contribution >= 0.6 is 0 Å². The standard InChI is InChI=1S/C31H44F2/c1-3-4-5-6-7-23-9-11-24(12-10-23)25-13-15-26(16-14-25)27-17-19-28(20-18-27)29-21-8-22(2)30(32)31(29)33/h5-6,8,19,21,23-27H,3-4,7,9-18,20H2,1-2H3. The van der Waals surface area contributed by atoms with Crippen LogP contribution < -0.4 is 0 Å². The molecule has 1 unspecified atom stereocenters. The van der Waals surface area contributed by atoms with Gasteiger partial charge in [0.15, 0.2) is 11.6 Å². The van der Waals surface area contributed by atoms with Gasteiger partial charge in [0.1, 0.15) is 0 Å². The first kappa shape index (κ1) is 24.7. The van der Waals surface area contributed by atoms with Crippen molar-refractivity contribution >= 4 is 5.57 Å². The highest BCUT2D eigenvalue weighted by Gasteiger charge is 2.33. The Morgan fingerprint density at radius 1 is 0.788 bits per heavy atom. The minimum atomic E-state index is -0.684. The van der Waals surface area contributed by atoms with E-state index in [1.165, 1.54) is 70.6 Å². The lowest BCUT2D eigenvalue weighted by Crippen LogP contribution is -2.28. The summed E-state index contributed by atoms with van der Waals surface area (Å²) in [4.78, 5) is 0. The molecule has 0 radical (unpaired) electrons. The molecular weight excluding hydrogens is 410 g/mol. The van der Waals surface area contributed by atoms with Crippen molar-refractivity contribution in [2.45, 2.75) is 104 Å². The van der Waals surface area contributed by atoms with Gasteiger partial charge in [-0.05, 0) is 131 Å². The quantitative estimate of drug-likeness (QED) is 0.360. The monoisotopic (exact) mass is 454 g/mol. The van der Waals surface area contributed by atoms with E-state index in [0.717, 1.165) is 54.4 Å². The number of benzene rings is 1. The first-order chi connectivity index (χ1) is 16.1. The summed E-state index contributed by atoms with van der Waals surface area (Å²) >= 11 is 0. The average molecular weight is 455 g/mol. The molecular formula is C31H44F2. The van der Waals surface area contributed by atoms with Gasteiger partial charge in [0, 0.05) is 5.56 Å². The summed E-state index contributed by atoms with van der Waals surface area (Å²) in [5.74, 6) is 3.08. The molecule has 182 valence electrons. The topological polar surface area (TPSA) is 0 Å². The van der Waals surface area contributed by atoms with E-state index in [9.17, 15) is 8.78 Å². The Balaban J connectivity index is 1.22. The number of allylic oxidation sites excluding steroid dienone is 4. The normalized spacial score (nSPS) is 31.0. The van der Waals surface area contributed by atoms with Crippen molar-refractivity contribution in [2.24, 2.45) is 29.6 Å². The summed E-state index contributed by atoms with van der Waals surface area (Å²) in [6.07, 6.45) is 25.3. The van der Waals surface area contributed by atoms with Crippen molar-refractivity contribution in [1.29, 1.82) is 0 Å². The summed E-state index contributed by atoms with van der Waals surface area (Å²) in [7, 11) is 0. The molecule has 0 nitrogen and oxygen atoms in total. The fourth-order valence-corrected chi connectivity index (χ4v) is 6.98. The Morgan fingerprint density at radius 3 is 2.03 bits per heavy atom. The number of hydrogen-bond donors (Lipinski definition) is 0. The summed E-state index contributed by atoms with van der Waals surface area (Å²) in [5, 5.41) is 0. The molecule has 0 saturated heterocycles. The molecule has 0 aliphatic heterocycles. The Morgan fingerprint density at radius 2 is 1.42 bits per heavy atom. The Hall–Kier alpha value is -1.44. The van der Waals surface area contributed by atoms with Crippen LogP contribution in [0.2, 0.25) is 0 Å². The molecule has 0 bridgehead atoms. The van der Waals surface area contributed by atoms with Gasteiger partial charge in [-0.15, -0.1) is 0 Å². The van der Waals surface area contributed by atoms with Gasteiger partial charge in [0.25, 0.3) is 0 Å². The zero-order valence-electron chi connectivity index (χ0n) is 20.9. The molecule has 1 aromatic rings. The lowest BCUT2D eigenvalue weighted by molar-refractivity contribution is 0.123. The summed E-state index contributed by atoms with van der Waals surface area (Å²) in [6.45, 7) is 3.88. The van der Waals surface area contributed by atoms with Gasteiger partial charge in [-0.1, -0.05) is 43.7 Å². The third-order valence-electron chi connectivity index (χ3n) is 9.21. The van der Waals surface area contributed by atoms with Gasteiger partial charge in [-0.3, -0.25) is 0 Å². The second-order valence-electron chi connectivity index (χ2n) is 11.3. The van der Waals surface area contributed by atoms with Crippen molar-refractivity contribution in [3.63, 3.8) is 0 Å². The average Bonchev–Trinajstić information content (AvgIpc) is 2.86. The third-order valence-corrected chi connectivity index (χ3v) is 9.21. The number of rotatable bonds is 7. The highest BCUT2D eigenvalue weighted by molar-refractivity contribution is 5.67. The van der Waals surface area contributed by atoms with E-state index < -0.39 is 11.6 Å². The molecule has 0 amide bonds. The molecule has 0 N–H and O–H groups in total. The highest BCUT2D eigenvalue weighted by Crippen LogP contribution is 2.46. The van der Waals surface area contributed by atoms with E-state index in [0.29, 0.717) is 11.1 Å². The van der Waals surface area contributed by atoms with E-state index in [1.807, 2.05) is 0 Å². The molecule has 2 fully saturated rings. The predicted molar refractivity (Wildman–Crippen MR) is 136 cm³/mol. The van der Waals surface area contributed by atoms with E-state index in [4.69, 9.17) is 0 Å². The summed E-state index contributed by atoms with van der Waals surface area (Å²) in [6, 6.07) is 3.47. The van der Waals surface area contributed by atoms with E-state index in [1.54, 1.807) is 19.1 Å². The molecule has 3 aliphatic carbocycles. The molecule has 4 rings (SSSR count). The molecule has 3 aliphatic rings. The fourth-order valence-electron chi connectivity index (χ4n) is 6.98. The van der Waals surface area contributed by atoms with E-state index in [2.05, 4.69) is 25.2 Å². The molecule has 2 saturated carbocycles. The minimum Gasteiger partial charge on any atom is -0.203 e. The zero-order chi connectivity index (χ0) is 23.2. The Kier molecular flexibility index (Phi) is 8.83. The summed E-state index contributed by atoms with van der Waals surface area (Å²) < 4.78 is 28.4. The maximum atomic E-state index is 14.4. The van der Waals surface area contributed by atoms with Crippen LogP contribution in [0.15, 0.2) is 30.4 Å². The van der Waals surface area contributed by atoms with Crippen LogP contribution in [0.25, 0.3) is 5.57 Å². The van der Waals surface area contributed by atoms with Crippen LogP contribution in [0.5, 0.6) is 0 Å². The maximum absolute atomic E-state index is 14.4. The van der Waals surface area contributed by atoms with E-state index >= 15 is 0 Å². The van der Waals surface area contributed by atoms with Gasteiger partial charge in [-0.2, -0.15) is 0 Å². The fraction of sp³-hybridized carbons (Fsp3) is 0.677. The molecule has 0 heterocycles. The van der Waals surface area contributed by atoms with Crippen LogP contribution in [0, 0.1) is 48.1 Å². The van der Waals surface area contributed by atoms with Gasteiger partial charge >= 0.3 is 0 Å². The molecule has 0 spiro atoms. The van der Waals surface area contributed by atoms with Crippen molar-refractivity contribution in [3.05, 3.63) is 53.1 Å². The van der Waals surface area contributed by atoms with Crippen LogP contribution in [0.3, 0.4) is 0 Å². The Labute approximate surface area is 200 Å². The lowest BCUT2D eigenvalue weighted by atomic mass is 9.65. The van der Waals surface area contributed by atoms with Crippen LogP contribution in [-0.2, 0) is 0 Å². The van der Waals surface area contributed by atoms with Gasteiger partial charge in [0.2, 0.25) is 0 Å². The van der Waals surface area contributed by atoms with Crippen LogP contribution in [0.1, 0.15) is 108 Å². The van der Waals surface area contributed by atoms with Crippen molar-refractivity contribution < 1.29 is 8.78 Å². The second kappa shape index (κ2) is 11.8. The van der Waals surface area contributed by atoms with Crippen molar-refractivity contribution in [1.82, 2.24) is 0 Å². The number of hydrogen-bond acceptors (Lipinski definition) is 0. The zero-order valence-corrected chi connectivity index (χ0v) is 20.9. The second-order valence-corrected chi connectivity index (χ2v) is 11.3. The minimum absolute atomic E-state index is 0.389. The molecule has 0 aromatic heterocycles. The number of halogens is 2. The molecule has 1 aromatic carbocycles. The van der Waals surface area contributed by atoms with Gasteiger partial charge < -0.3 is 0 Å². The van der Waals surface area contributed by atoms with E-state index in [-0.39, 0.29) is 0 Å². The van der Waals surface area contributed by atoms with Gasteiger partial charge in [-0.25, -0.2) is 8.78 Å². The number of aryl methyl sites for hydroxylation is 1. The number of unbranched alkanes of at least 4 members (excludes halogenated alkanes) is 1. The lowest BCUT2D eigenvalue weighted by Gasteiger charge is -2.40. The predicted octanol–water partition coefficient (Wildman–Crippen LogP) is 9.82. The summed E-state index contributed by atoms with van der Waals surface area (Å²) in [5.41, 5.74) is 1.88. The largest absolute Gasteiger partial charge is 0.203 e. The van der Waals surface area contributed by atoms with Crippen molar-refractivity contribution in [2.75, 3.05) is 0 Å². The molecule has 2 heteroatoms. The SMILES string of the molecule is CCCC=CCC1CCC(C2CCC(C3CC=C(c4ccc(C)c(F)c4F)CC3)CC2)CC1. The van der Waals surface area contributed by atoms with Crippen LogP contribution in [0.4, 0.5) is 8.78 Å². The third kappa shape index (κ3) is 6.17. The van der Waals surface area contributed by atoms with Crippen molar-refractivity contribution in [3.8, 4) is 0 Å².